The van der Waals surface area contributed by atoms with E-state index in [9.17, 15) is 30.3 Å². The first-order valence-corrected chi connectivity index (χ1v) is 8.32. The maximum atomic E-state index is 12.4. The van der Waals surface area contributed by atoms with Gasteiger partial charge in [0.1, 0.15) is 5.75 Å². The second kappa shape index (κ2) is 7.33. The van der Waals surface area contributed by atoms with Crippen LogP contribution in [0.3, 0.4) is 0 Å². The zero-order valence-corrected chi connectivity index (χ0v) is 13.5. The summed E-state index contributed by atoms with van der Waals surface area (Å²) in [7, 11) is -5.10. The molecule has 1 aliphatic rings. The van der Waals surface area contributed by atoms with Gasteiger partial charge in [0.25, 0.3) is 0 Å². The molecule has 1 fully saturated rings. The van der Waals surface area contributed by atoms with Crippen molar-refractivity contribution in [1.82, 2.24) is 4.90 Å². The molecule has 0 aromatic heterocycles. The number of hydrogen-bond donors (Lipinski definition) is 0. The molecule has 0 atom stereocenters. The molecule has 7 nitrogen and oxygen atoms in total. The molecule has 0 radical (unpaired) electrons. The molecule has 0 saturated carbocycles. The van der Waals surface area contributed by atoms with Gasteiger partial charge < -0.3 is 18.7 Å². The monoisotopic (exact) mass is 386 g/mol. The maximum Gasteiger partial charge on any atom is 0.488 e. The standard InChI is InChI=1S/C13H14F4N2O5S/c14-13(15,16)9-23-12(20)19-7-5-18(6-8-19)10-1-3-11(4-2-10)24-25(17,21)22/h1-4H,5-9H2. The van der Waals surface area contributed by atoms with Gasteiger partial charge in [-0.1, -0.05) is 3.89 Å². The maximum absolute atomic E-state index is 12.4. The highest BCUT2D eigenvalue weighted by Crippen LogP contribution is 2.22. The van der Waals surface area contributed by atoms with Crippen molar-refractivity contribution in [3.8, 4) is 5.75 Å². The van der Waals surface area contributed by atoms with Crippen LogP contribution in [0.2, 0.25) is 0 Å². The van der Waals surface area contributed by atoms with Gasteiger partial charge in [0.05, 0.1) is 0 Å². The van der Waals surface area contributed by atoms with Gasteiger partial charge in [-0.2, -0.15) is 21.6 Å². The van der Waals surface area contributed by atoms with Gasteiger partial charge in [-0.3, -0.25) is 0 Å². The Kier molecular flexibility index (Phi) is 5.60. The van der Waals surface area contributed by atoms with E-state index in [2.05, 4.69) is 8.92 Å². The van der Waals surface area contributed by atoms with E-state index in [1.807, 2.05) is 4.90 Å². The van der Waals surface area contributed by atoms with Crippen molar-refractivity contribution in [1.29, 1.82) is 0 Å². The molecule has 140 valence electrons. The SMILES string of the molecule is O=C(OCC(F)(F)F)N1CCN(c2ccc(OS(=O)(=O)F)cc2)CC1. The molecule has 1 amide bonds. The van der Waals surface area contributed by atoms with Crippen molar-refractivity contribution >= 4 is 22.3 Å². The quantitative estimate of drug-likeness (QED) is 0.583. The Labute approximate surface area is 141 Å². The topological polar surface area (TPSA) is 76.2 Å². The molecular weight excluding hydrogens is 372 g/mol. The molecule has 1 aromatic carbocycles. The lowest BCUT2D eigenvalue weighted by Crippen LogP contribution is -2.49. The third-order valence-electron chi connectivity index (χ3n) is 3.29. The first-order chi connectivity index (χ1) is 11.5. The van der Waals surface area contributed by atoms with E-state index in [1.165, 1.54) is 24.3 Å². The van der Waals surface area contributed by atoms with Gasteiger partial charge in [-0.15, -0.1) is 0 Å². The minimum absolute atomic E-state index is 0.161. The van der Waals surface area contributed by atoms with Gasteiger partial charge in [0.15, 0.2) is 6.61 Å². The number of nitrogens with zero attached hydrogens (tertiary/aromatic N) is 2. The zero-order valence-electron chi connectivity index (χ0n) is 12.7. The summed E-state index contributed by atoms with van der Waals surface area (Å²) in [4.78, 5) is 14.5. The fraction of sp³-hybridized carbons (Fsp3) is 0.462. The van der Waals surface area contributed by atoms with Gasteiger partial charge in [0.2, 0.25) is 0 Å². The second-order valence-electron chi connectivity index (χ2n) is 5.11. The number of halogens is 4. The third-order valence-corrected chi connectivity index (χ3v) is 3.69. The van der Waals surface area contributed by atoms with Crippen LogP contribution in [0.5, 0.6) is 5.75 Å². The first-order valence-electron chi connectivity index (χ1n) is 7.01. The number of amides is 1. The summed E-state index contributed by atoms with van der Waals surface area (Å²) < 4.78 is 77.5. The number of alkyl halides is 3. The van der Waals surface area contributed by atoms with Crippen LogP contribution in [0.15, 0.2) is 24.3 Å². The van der Waals surface area contributed by atoms with Crippen molar-refractivity contribution in [2.24, 2.45) is 0 Å². The molecule has 0 N–H and O–H groups in total. The number of rotatable bonds is 4. The largest absolute Gasteiger partial charge is 0.488 e. The lowest BCUT2D eigenvalue weighted by atomic mass is 10.2. The summed E-state index contributed by atoms with van der Waals surface area (Å²) >= 11 is 0. The Morgan fingerprint density at radius 2 is 1.64 bits per heavy atom. The minimum Gasteiger partial charge on any atom is -0.440 e. The normalized spacial score (nSPS) is 15.8. The van der Waals surface area contributed by atoms with Crippen molar-refractivity contribution in [2.75, 3.05) is 37.7 Å². The molecule has 25 heavy (non-hydrogen) atoms. The van der Waals surface area contributed by atoms with E-state index in [0.717, 1.165) is 4.90 Å². The summed E-state index contributed by atoms with van der Waals surface area (Å²) in [5.41, 5.74) is 0.659. The highest BCUT2D eigenvalue weighted by molar-refractivity contribution is 7.81. The summed E-state index contributed by atoms with van der Waals surface area (Å²) in [6.07, 6.45) is -5.61. The molecule has 1 aliphatic heterocycles. The molecule has 12 heteroatoms. The fourth-order valence-corrected chi connectivity index (χ4v) is 2.55. The Bertz CT molecular complexity index is 700. The number of anilines is 1. The molecule has 1 heterocycles. The fourth-order valence-electron chi connectivity index (χ4n) is 2.21. The Hall–Kier alpha value is -2.24. The molecule has 0 aliphatic carbocycles. The summed E-state index contributed by atoms with van der Waals surface area (Å²) in [5, 5.41) is 0. The first kappa shape index (κ1) is 19.1. The number of hydrogen-bond acceptors (Lipinski definition) is 6. The number of carbonyl (C=O) groups excluding carboxylic acids is 1. The lowest BCUT2D eigenvalue weighted by Gasteiger charge is -2.35. The summed E-state index contributed by atoms with van der Waals surface area (Å²) in [5.74, 6) is -0.194. The highest BCUT2D eigenvalue weighted by Gasteiger charge is 2.31. The predicted molar refractivity (Wildman–Crippen MR) is 78.3 cm³/mol. The number of benzene rings is 1. The molecule has 1 saturated heterocycles. The van der Waals surface area contributed by atoms with Crippen LogP contribution in [0, 0.1) is 0 Å². The van der Waals surface area contributed by atoms with Crippen LogP contribution in [0.1, 0.15) is 0 Å². The predicted octanol–water partition coefficient (Wildman–Crippen LogP) is 2.10. The lowest BCUT2D eigenvalue weighted by molar-refractivity contribution is -0.162. The van der Waals surface area contributed by atoms with Crippen LogP contribution in [0.4, 0.5) is 27.5 Å². The molecule has 0 spiro atoms. The van der Waals surface area contributed by atoms with E-state index in [1.54, 1.807) is 0 Å². The van der Waals surface area contributed by atoms with Crippen LogP contribution in [-0.2, 0) is 15.2 Å². The van der Waals surface area contributed by atoms with Crippen LogP contribution in [-0.4, -0.2) is 58.4 Å². The van der Waals surface area contributed by atoms with Crippen molar-refractivity contribution in [2.45, 2.75) is 6.18 Å². The molecule has 2 rings (SSSR count). The number of carbonyl (C=O) groups is 1. The van der Waals surface area contributed by atoms with Crippen molar-refractivity contribution in [3.63, 3.8) is 0 Å². The number of piperazine rings is 1. The smallest absolute Gasteiger partial charge is 0.440 e. The van der Waals surface area contributed by atoms with Crippen molar-refractivity contribution in [3.05, 3.63) is 24.3 Å². The average Bonchev–Trinajstić information content (AvgIpc) is 2.51. The van der Waals surface area contributed by atoms with E-state index < -0.39 is 29.4 Å². The molecule has 0 unspecified atom stereocenters. The summed E-state index contributed by atoms with van der Waals surface area (Å²) in [6.45, 7) is -0.641. The van der Waals surface area contributed by atoms with Crippen molar-refractivity contribution < 1.29 is 39.2 Å². The average molecular weight is 386 g/mol. The van der Waals surface area contributed by atoms with Crippen LogP contribution < -0.4 is 9.08 Å². The highest BCUT2D eigenvalue weighted by atomic mass is 32.3. The molecule has 1 aromatic rings. The van der Waals surface area contributed by atoms with E-state index in [-0.39, 0.29) is 18.8 Å². The van der Waals surface area contributed by atoms with Crippen LogP contribution >= 0.6 is 0 Å². The van der Waals surface area contributed by atoms with E-state index in [0.29, 0.717) is 18.8 Å². The third kappa shape index (κ3) is 6.29. The number of ether oxygens (including phenoxy) is 1. The van der Waals surface area contributed by atoms with E-state index in [4.69, 9.17) is 0 Å². The molecule has 0 bridgehead atoms. The van der Waals surface area contributed by atoms with Gasteiger partial charge >= 0.3 is 22.8 Å². The Morgan fingerprint density at radius 3 is 2.12 bits per heavy atom. The Morgan fingerprint density at radius 1 is 1.08 bits per heavy atom. The van der Waals surface area contributed by atoms with E-state index >= 15 is 0 Å². The van der Waals surface area contributed by atoms with Gasteiger partial charge in [-0.05, 0) is 24.3 Å². The zero-order chi connectivity index (χ0) is 18.7. The second-order valence-corrected chi connectivity index (χ2v) is 6.07. The van der Waals surface area contributed by atoms with Gasteiger partial charge in [0, 0.05) is 31.9 Å². The Balaban J connectivity index is 1.86. The van der Waals surface area contributed by atoms with Gasteiger partial charge in [-0.25, -0.2) is 4.79 Å². The summed E-state index contributed by atoms with van der Waals surface area (Å²) in [6, 6.07) is 5.52. The minimum atomic E-state index is -5.10. The molecular formula is C13H14F4N2O5S. The van der Waals surface area contributed by atoms with Crippen LogP contribution in [0.25, 0.3) is 0 Å².